The summed E-state index contributed by atoms with van der Waals surface area (Å²) < 4.78 is 1.71. The second-order valence-corrected chi connectivity index (χ2v) is 8.35. The van der Waals surface area contributed by atoms with Gasteiger partial charge in [-0.2, -0.15) is 0 Å². The molecule has 0 radical (unpaired) electrons. The van der Waals surface area contributed by atoms with E-state index in [-0.39, 0.29) is 17.0 Å². The van der Waals surface area contributed by atoms with Gasteiger partial charge in [0, 0.05) is 17.1 Å². The van der Waals surface area contributed by atoms with Crippen molar-refractivity contribution in [3.63, 3.8) is 0 Å². The first kappa shape index (κ1) is 22.1. The van der Waals surface area contributed by atoms with Crippen LogP contribution in [0.25, 0.3) is 11.8 Å². The molecular weight excluding hydrogens is 442 g/mol. The molecular formula is C24H17N3O5S-2. The Morgan fingerprint density at radius 1 is 1.00 bits per heavy atom. The van der Waals surface area contributed by atoms with Crippen LogP contribution in [0.5, 0.6) is 0 Å². The number of carboxylic acids is 2. The molecule has 0 spiro atoms. The third-order valence-electron chi connectivity index (χ3n) is 5.04. The second-order valence-electron chi connectivity index (χ2n) is 7.32. The first-order valence-corrected chi connectivity index (χ1v) is 10.7. The van der Waals surface area contributed by atoms with Gasteiger partial charge in [0.1, 0.15) is 0 Å². The lowest BCUT2D eigenvalue weighted by Crippen LogP contribution is -2.26. The van der Waals surface area contributed by atoms with Crippen molar-refractivity contribution in [2.45, 2.75) is 13.8 Å². The number of carboxylic acid groups (broad SMARTS) is 2. The van der Waals surface area contributed by atoms with Crippen LogP contribution < -0.4 is 15.5 Å². The topological polar surface area (TPSA) is 127 Å². The van der Waals surface area contributed by atoms with Crippen LogP contribution in [0.3, 0.4) is 0 Å². The first-order chi connectivity index (χ1) is 15.7. The predicted molar refractivity (Wildman–Crippen MR) is 121 cm³/mol. The fourth-order valence-corrected chi connectivity index (χ4v) is 4.38. The molecule has 33 heavy (non-hydrogen) atoms. The van der Waals surface area contributed by atoms with Crippen molar-refractivity contribution < 1.29 is 24.6 Å². The van der Waals surface area contributed by atoms with Gasteiger partial charge in [-0.15, -0.1) is 0 Å². The number of aromatic carboxylic acids is 2. The number of carbonyl (C=O) groups is 3. The molecule has 2 aromatic carbocycles. The fraction of sp³-hybridized carbons (Fsp3) is 0.0833. The number of thioether (sulfide) groups is 1. The second kappa shape index (κ2) is 8.79. The van der Waals surface area contributed by atoms with Gasteiger partial charge in [0.05, 0.1) is 22.5 Å². The van der Waals surface area contributed by atoms with E-state index in [1.54, 1.807) is 24.5 Å². The summed E-state index contributed by atoms with van der Waals surface area (Å²) in [5, 5.41) is 25.9. The largest absolute Gasteiger partial charge is 0.545 e. The number of amides is 1. The quantitative estimate of drug-likeness (QED) is 0.579. The van der Waals surface area contributed by atoms with Gasteiger partial charge in [0.25, 0.3) is 5.91 Å². The van der Waals surface area contributed by atoms with Crippen LogP contribution >= 0.6 is 11.8 Å². The number of rotatable bonds is 5. The highest BCUT2D eigenvalue weighted by molar-refractivity contribution is 8.18. The standard InChI is InChI=1S/C24H19N3O5S/c1-13-8-15(12-20-21(28)26-24(33-20)25-18-6-4-3-5-7-18)14(2)27(13)19-10-16(22(29)30)9-17(11-19)23(31)32/h3-12H,1-2H3,(H,29,30)(H,31,32)(H,25,26,28)/p-2/b20-12-. The van der Waals surface area contributed by atoms with Crippen molar-refractivity contribution in [2.24, 2.45) is 4.99 Å². The number of aryl methyl sites for hydroxylation is 1. The van der Waals surface area contributed by atoms with E-state index in [4.69, 9.17) is 0 Å². The summed E-state index contributed by atoms with van der Waals surface area (Å²) in [4.78, 5) is 40.1. The molecule has 1 aliphatic rings. The maximum absolute atomic E-state index is 12.5. The minimum Gasteiger partial charge on any atom is -0.545 e. The molecule has 1 N–H and O–H groups in total. The van der Waals surface area contributed by atoms with Crippen LogP contribution in [-0.2, 0) is 4.79 Å². The van der Waals surface area contributed by atoms with Crippen LogP contribution in [0.1, 0.15) is 37.7 Å². The van der Waals surface area contributed by atoms with E-state index in [0.717, 1.165) is 23.0 Å². The number of nitrogens with zero attached hydrogens (tertiary/aromatic N) is 2. The van der Waals surface area contributed by atoms with Crippen molar-refractivity contribution in [2.75, 3.05) is 0 Å². The highest BCUT2D eigenvalue weighted by Crippen LogP contribution is 2.31. The minimum absolute atomic E-state index is 0.272. The Balaban J connectivity index is 1.71. The molecule has 0 atom stereocenters. The summed E-state index contributed by atoms with van der Waals surface area (Å²) in [6, 6.07) is 14.7. The third-order valence-corrected chi connectivity index (χ3v) is 5.95. The SMILES string of the molecule is Cc1cc(/C=C2\SC(=Nc3ccccc3)NC2=O)c(C)n1-c1cc(C(=O)[O-])cc(C(=O)[O-])c1. The van der Waals surface area contributed by atoms with E-state index < -0.39 is 11.9 Å². The maximum Gasteiger partial charge on any atom is 0.264 e. The van der Waals surface area contributed by atoms with Crippen LogP contribution in [0.15, 0.2) is 64.5 Å². The molecule has 1 amide bonds. The highest BCUT2D eigenvalue weighted by atomic mass is 32.2. The third kappa shape index (κ3) is 4.58. The fourth-order valence-electron chi connectivity index (χ4n) is 3.55. The molecule has 8 nitrogen and oxygen atoms in total. The van der Waals surface area contributed by atoms with Crippen molar-refractivity contribution in [1.29, 1.82) is 0 Å². The van der Waals surface area contributed by atoms with Crippen molar-refractivity contribution in [1.82, 2.24) is 9.88 Å². The van der Waals surface area contributed by atoms with Gasteiger partial charge in [-0.1, -0.05) is 18.2 Å². The summed E-state index contributed by atoms with van der Waals surface area (Å²) in [5.74, 6) is -3.26. The number of aliphatic imine (C=N–C) groups is 1. The zero-order chi connectivity index (χ0) is 23.7. The highest BCUT2D eigenvalue weighted by Gasteiger charge is 2.24. The lowest BCUT2D eigenvalue weighted by atomic mass is 10.1. The van der Waals surface area contributed by atoms with Gasteiger partial charge >= 0.3 is 0 Å². The molecule has 1 saturated heterocycles. The lowest BCUT2D eigenvalue weighted by Gasteiger charge is -2.15. The molecule has 4 rings (SSSR count). The van der Waals surface area contributed by atoms with E-state index in [9.17, 15) is 24.6 Å². The molecule has 0 saturated carbocycles. The molecule has 0 aliphatic carbocycles. The summed E-state index contributed by atoms with van der Waals surface area (Å²) in [6.07, 6.45) is 1.72. The van der Waals surface area contributed by atoms with Crippen molar-refractivity contribution >= 4 is 46.5 Å². The molecule has 2 heterocycles. The van der Waals surface area contributed by atoms with Gasteiger partial charge in [-0.25, -0.2) is 4.99 Å². The van der Waals surface area contributed by atoms with Gasteiger partial charge in [-0.05, 0) is 84.8 Å². The van der Waals surface area contributed by atoms with E-state index in [2.05, 4.69) is 10.3 Å². The summed E-state index contributed by atoms with van der Waals surface area (Å²) in [6.45, 7) is 3.59. The number of carbonyl (C=O) groups excluding carboxylic acids is 3. The minimum atomic E-state index is -1.49. The number of benzene rings is 2. The zero-order valence-corrected chi connectivity index (χ0v) is 18.4. The van der Waals surface area contributed by atoms with Crippen molar-refractivity contribution in [3.8, 4) is 5.69 Å². The predicted octanol–water partition coefficient (Wildman–Crippen LogP) is 1.71. The Hall–Kier alpha value is -4.11. The van der Waals surface area contributed by atoms with Gasteiger partial charge in [-0.3, -0.25) is 4.79 Å². The molecule has 9 heteroatoms. The zero-order valence-electron chi connectivity index (χ0n) is 17.6. The van der Waals surface area contributed by atoms with Crippen LogP contribution in [-0.4, -0.2) is 27.6 Å². The van der Waals surface area contributed by atoms with Crippen molar-refractivity contribution in [3.05, 3.63) is 87.6 Å². The molecule has 1 fully saturated rings. The molecule has 1 aromatic heterocycles. The molecule has 0 unspecified atom stereocenters. The average Bonchev–Trinajstić information content (AvgIpc) is 3.26. The van der Waals surface area contributed by atoms with Crippen LogP contribution in [0.2, 0.25) is 0 Å². The smallest absolute Gasteiger partial charge is 0.264 e. The summed E-state index contributed by atoms with van der Waals surface area (Å²) in [5.41, 5.74) is 2.65. The van der Waals surface area contributed by atoms with Crippen LogP contribution in [0.4, 0.5) is 5.69 Å². The Labute approximate surface area is 193 Å². The Morgan fingerprint density at radius 3 is 2.24 bits per heavy atom. The molecule has 0 bridgehead atoms. The van der Waals surface area contributed by atoms with E-state index in [1.807, 2.05) is 36.4 Å². The van der Waals surface area contributed by atoms with Gasteiger partial charge in [0.2, 0.25) is 0 Å². The summed E-state index contributed by atoms with van der Waals surface area (Å²) >= 11 is 1.21. The number of hydrogen-bond acceptors (Lipinski definition) is 7. The molecule has 3 aromatic rings. The maximum atomic E-state index is 12.5. The number of hydrogen-bond donors (Lipinski definition) is 1. The summed E-state index contributed by atoms with van der Waals surface area (Å²) in [7, 11) is 0. The first-order valence-electron chi connectivity index (χ1n) is 9.84. The van der Waals surface area contributed by atoms with E-state index >= 15 is 0 Å². The Bertz CT molecular complexity index is 1320. The van der Waals surface area contributed by atoms with Gasteiger partial charge < -0.3 is 29.7 Å². The number of nitrogens with one attached hydrogen (secondary N) is 1. The molecule has 166 valence electrons. The van der Waals surface area contributed by atoms with Gasteiger partial charge in [0.15, 0.2) is 5.17 Å². The van der Waals surface area contributed by atoms with Crippen LogP contribution in [0, 0.1) is 13.8 Å². The average molecular weight is 459 g/mol. The monoisotopic (exact) mass is 459 g/mol. The number of amidine groups is 1. The molecule has 1 aliphatic heterocycles. The van der Waals surface area contributed by atoms with E-state index in [0.29, 0.717) is 21.5 Å². The normalized spacial score (nSPS) is 15.8. The number of aromatic nitrogens is 1. The van der Waals surface area contributed by atoms with E-state index in [1.165, 1.54) is 23.9 Å². The Morgan fingerprint density at radius 2 is 1.64 bits per heavy atom. The number of para-hydroxylation sites is 1. The lowest BCUT2D eigenvalue weighted by molar-refractivity contribution is -0.255. The Kier molecular flexibility index (Phi) is 5.89.